The minimum Gasteiger partial charge on any atom is -0.339 e. The molecular weight excluding hydrogens is 447 g/mol. The number of piperidine rings is 1. The quantitative estimate of drug-likeness (QED) is 0.662. The lowest BCUT2D eigenvalue weighted by Gasteiger charge is -2.31. The summed E-state index contributed by atoms with van der Waals surface area (Å²) in [4.78, 5) is 30.8. The Hall–Kier alpha value is -2.85. The van der Waals surface area contributed by atoms with Crippen LogP contribution in [0.5, 0.6) is 0 Å². The van der Waals surface area contributed by atoms with Crippen LogP contribution in [0.3, 0.4) is 0 Å². The maximum atomic E-state index is 14.4. The Bertz CT molecular complexity index is 1110. The first-order valence-corrected chi connectivity index (χ1v) is 12.4. The van der Waals surface area contributed by atoms with E-state index in [1.54, 1.807) is 31.0 Å². The zero-order chi connectivity index (χ0) is 24.2. The minimum absolute atomic E-state index is 0.105. The van der Waals surface area contributed by atoms with Crippen molar-refractivity contribution < 1.29 is 22.4 Å². The highest BCUT2D eigenvalue weighted by molar-refractivity contribution is 7.89. The fourth-order valence-electron chi connectivity index (χ4n) is 3.83. The third kappa shape index (κ3) is 5.56. The first-order valence-electron chi connectivity index (χ1n) is 11.0. The normalized spacial score (nSPS) is 15.0. The van der Waals surface area contributed by atoms with Crippen molar-refractivity contribution in [2.75, 3.05) is 31.5 Å². The highest BCUT2D eigenvalue weighted by Gasteiger charge is 2.30. The first kappa shape index (κ1) is 24.8. The fraction of sp³-hybridized carbons (Fsp3) is 0.435. The van der Waals surface area contributed by atoms with E-state index in [0.717, 1.165) is 22.0 Å². The van der Waals surface area contributed by atoms with Crippen LogP contribution in [0.1, 0.15) is 42.6 Å². The van der Waals surface area contributed by atoms with Crippen LogP contribution < -0.4 is 5.32 Å². The number of carbonyl (C=O) groups excluding carboxylic acids is 2. The Kier molecular flexibility index (Phi) is 7.80. The van der Waals surface area contributed by atoms with E-state index in [0.29, 0.717) is 31.7 Å². The van der Waals surface area contributed by atoms with E-state index < -0.39 is 20.7 Å². The Balaban J connectivity index is 1.67. The van der Waals surface area contributed by atoms with E-state index >= 15 is 0 Å². The van der Waals surface area contributed by atoms with Gasteiger partial charge in [0, 0.05) is 43.9 Å². The van der Waals surface area contributed by atoms with Crippen LogP contribution in [0.25, 0.3) is 0 Å². The topological polar surface area (TPSA) is 99.7 Å². The van der Waals surface area contributed by atoms with Crippen molar-refractivity contribution in [1.29, 1.82) is 0 Å². The lowest BCUT2D eigenvalue weighted by Crippen LogP contribution is -2.41. The van der Waals surface area contributed by atoms with Crippen molar-refractivity contribution in [2.24, 2.45) is 5.92 Å². The molecule has 8 nitrogen and oxygen atoms in total. The highest BCUT2D eigenvalue weighted by Crippen LogP contribution is 2.24. The average molecular weight is 477 g/mol. The molecule has 2 heterocycles. The standard InChI is InChI=1S/C23H29FN4O4S/c1-4-28(5-2)33(31,32)20-14-18(7-8-19(20)24)23(30)27-12-10-17(11-13-27)22(29)26-21-9-6-16(3)15-25-21/h6-9,14-15,17H,4-5,10-13H2,1-3H3,(H,25,26,29). The van der Waals surface area contributed by atoms with Crippen molar-refractivity contribution in [3.63, 3.8) is 0 Å². The van der Waals surface area contributed by atoms with Gasteiger partial charge in [0.05, 0.1) is 0 Å². The van der Waals surface area contributed by atoms with Crippen molar-refractivity contribution in [3.05, 3.63) is 53.5 Å². The molecule has 0 spiro atoms. The first-order chi connectivity index (χ1) is 15.7. The largest absolute Gasteiger partial charge is 0.339 e. The van der Waals surface area contributed by atoms with Crippen molar-refractivity contribution in [1.82, 2.24) is 14.2 Å². The van der Waals surface area contributed by atoms with Crippen LogP contribution in [0.15, 0.2) is 41.4 Å². The predicted octanol–water partition coefficient (Wildman–Crippen LogP) is 3.05. The third-order valence-electron chi connectivity index (χ3n) is 5.82. The Morgan fingerprint density at radius 3 is 2.39 bits per heavy atom. The predicted molar refractivity (Wildman–Crippen MR) is 123 cm³/mol. The van der Waals surface area contributed by atoms with Gasteiger partial charge in [-0.25, -0.2) is 17.8 Å². The number of pyridine rings is 1. The maximum Gasteiger partial charge on any atom is 0.253 e. The second-order valence-corrected chi connectivity index (χ2v) is 9.92. The average Bonchev–Trinajstić information content (AvgIpc) is 2.81. The summed E-state index contributed by atoms with van der Waals surface area (Å²) >= 11 is 0. The van der Waals surface area contributed by atoms with Crippen molar-refractivity contribution in [2.45, 2.75) is 38.5 Å². The summed E-state index contributed by atoms with van der Waals surface area (Å²) in [6.45, 7) is 6.33. The van der Waals surface area contributed by atoms with Gasteiger partial charge in [0.15, 0.2) is 0 Å². The molecule has 33 heavy (non-hydrogen) atoms. The molecule has 0 bridgehead atoms. The van der Waals surface area contributed by atoms with Crippen LogP contribution in [0, 0.1) is 18.7 Å². The molecular formula is C23H29FN4O4S. The number of likely N-dealkylation sites (tertiary alicyclic amines) is 1. The summed E-state index contributed by atoms with van der Waals surface area (Å²) in [6.07, 6.45) is 2.61. The summed E-state index contributed by atoms with van der Waals surface area (Å²) in [6, 6.07) is 7.01. The number of sulfonamides is 1. The summed E-state index contributed by atoms with van der Waals surface area (Å²) in [5.41, 5.74) is 1.10. The molecule has 1 aliphatic heterocycles. The van der Waals surface area contributed by atoms with E-state index in [1.165, 1.54) is 6.07 Å². The zero-order valence-electron chi connectivity index (χ0n) is 19.0. The summed E-state index contributed by atoms with van der Waals surface area (Å²) in [5.74, 6) is -1.20. The van der Waals surface area contributed by atoms with Gasteiger partial charge < -0.3 is 10.2 Å². The number of rotatable bonds is 7. The molecule has 0 saturated carbocycles. The van der Waals surface area contributed by atoms with Crippen LogP contribution in [-0.4, -0.2) is 60.6 Å². The molecule has 1 aromatic heterocycles. The molecule has 1 N–H and O–H groups in total. The third-order valence-corrected chi connectivity index (χ3v) is 7.88. The van der Waals surface area contributed by atoms with Crippen LogP contribution >= 0.6 is 0 Å². The number of hydrogen-bond acceptors (Lipinski definition) is 5. The number of amides is 2. The summed E-state index contributed by atoms with van der Waals surface area (Å²) in [7, 11) is -4.04. The van der Waals surface area contributed by atoms with Gasteiger partial charge in [-0.05, 0) is 49.6 Å². The second kappa shape index (κ2) is 10.4. The molecule has 3 rings (SSSR count). The number of anilines is 1. The van der Waals surface area contributed by atoms with Crippen LogP contribution in [0.4, 0.5) is 10.2 Å². The summed E-state index contributed by atoms with van der Waals surface area (Å²) < 4.78 is 41.0. The fourth-order valence-corrected chi connectivity index (χ4v) is 5.38. The van der Waals surface area contributed by atoms with Gasteiger partial charge in [-0.15, -0.1) is 0 Å². The van der Waals surface area contributed by atoms with Crippen LogP contribution in [-0.2, 0) is 14.8 Å². The molecule has 10 heteroatoms. The molecule has 0 atom stereocenters. The monoisotopic (exact) mass is 476 g/mol. The van der Waals surface area contributed by atoms with E-state index in [2.05, 4.69) is 10.3 Å². The lowest BCUT2D eigenvalue weighted by atomic mass is 9.95. The molecule has 0 radical (unpaired) electrons. The molecule has 1 aliphatic rings. The smallest absolute Gasteiger partial charge is 0.253 e. The van der Waals surface area contributed by atoms with Gasteiger partial charge in [0.2, 0.25) is 15.9 Å². The molecule has 1 fully saturated rings. The highest BCUT2D eigenvalue weighted by atomic mass is 32.2. The number of nitrogens with one attached hydrogen (secondary N) is 1. The van der Waals surface area contributed by atoms with Crippen LogP contribution in [0.2, 0.25) is 0 Å². The van der Waals surface area contributed by atoms with Crippen molar-refractivity contribution in [3.8, 4) is 0 Å². The van der Waals surface area contributed by atoms with E-state index in [9.17, 15) is 22.4 Å². The molecule has 0 aliphatic carbocycles. The summed E-state index contributed by atoms with van der Waals surface area (Å²) in [5, 5.41) is 2.80. The number of aromatic nitrogens is 1. The Morgan fingerprint density at radius 1 is 1.15 bits per heavy atom. The number of halogens is 1. The van der Waals surface area contributed by atoms with E-state index in [-0.39, 0.29) is 36.4 Å². The Morgan fingerprint density at radius 2 is 1.82 bits per heavy atom. The van der Waals surface area contributed by atoms with Gasteiger partial charge in [0.1, 0.15) is 16.5 Å². The van der Waals surface area contributed by atoms with Gasteiger partial charge in [-0.1, -0.05) is 19.9 Å². The number of hydrogen-bond donors (Lipinski definition) is 1. The second-order valence-electron chi connectivity index (χ2n) is 8.01. The number of benzene rings is 1. The molecule has 1 aromatic carbocycles. The molecule has 2 aromatic rings. The number of aryl methyl sites for hydroxylation is 1. The minimum atomic E-state index is -4.04. The number of nitrogens with zero attached hydrogens (tertiary/aromatic N) is 3. The molecule has 2 amide bonds. The lowest BCUT2D eigenvalue weighted by molar-refractivity contribution is -0.121. The number of carbonyl (C=O) groups is 2. The van der Waals surface area contributed by atoms with Gasteiger partial charge in [-0.3, -0.25) is 9.59 Å². The Labute approximate surface area is 193 Å². The molecule has 1 saturated heterocycles. The van der Waals surface area contributed by atoms with Crippen molar-refractivity contribution >= 4 is 27.7 Å². The van der Waals surface area contributed by atoms with Gasteiger partial charge in [-0.2, -0.15) is 4.31 Å². The molecule has 0 unspecified atom stereocenters. The zero-order valence-corrected chi connectivity index (χ0v) is 19.9. The van der Waals surface area contributed by atoms with E-state index in [1.807, 2.05) is 13.0 Å². The van der Waals surface area contributed by atoms with Gasteiger partial charge >= 0.3 is 0 Å². The molecule has 178 valence electrons. The van der Waals surface area contributed by atoms with E-state index in [4.69, 9.17) is 0 Å². The maximum absolute atomic E-state index is 14.4. The SMILES string of the molecule is CCN(CC)S(=O)(=O)c1cc(C(=O)N2CCC(C(=O)Nc3ccc(C)cn3)CC2)ccc1F. The van der Waals surface area contributed by atoms with Gasteiger partial charge in [0.25, 0.3) is 5.91 Å².